The van der Waals surface area contributed by atoms with E-state index in [0.717, 1.165) is 34.8 Å². The minimum Gasteiger partial charge on any atom is -0.383 e. The Hall–Kier alpha value is -3.61. The van der Waals surface area contributed by atoms with E-state index in [0.29, 0.717) is 48.2 Å². The fourth-order valence-electron chi connectivity index (χ4n) is 4.36. The molecular formula is C25H30N8O3S. The zero-order valence-corrected chi connectivity index (χ0v) is 21.9. The quantitative estimate of drug-likeness (QED) is 0.347. The highest BCUT2D eigenvalue weighted by Crippen LogP contribution is 2.31. The average Bonchev–Trinajstić information content (AvgIpc) is 3.64. The van der Waals surface area contributed by atoms with Gasteiger partial charge in [-0.1, -0.05) is 6.92 Å². The number of fused-ring (bicyclic) bond motifs is 1. The molecule has 0 saturated carbocycles. The van der Waals surface area contributed by atoms with Gasteiger partial charge in [-0.15, -0.1) is 11.3 Å². The Morgan fingerprint density at radius 1 is 1.19 bits per heavy atom. The Bertz CT molecular complexity index is 1420. The number of aromatic nitrogens is 5. The van der Waals surface area contributed by atoms with Gasteiger partial charge in [-0.3, -0.25) is 24.2 Å². The lowest BCUT2D eigenvalue weighted by Gasteiger charge is -2.15. The second-order valence-corrected chi connectivity index (χ2v) is 10.4. The first-order valence-electron chi connectivity index (χ1n) is 12.2. The number of ether oxygens (including phenoxy) is 1. The highest BCUT2D eigenvalue weighted by Gasteiger charge is 2.21. The van der Waals surface area contributed by atoms with Crippen LogP contribution in [0.4, 0.5) is 11.4 Å². The number of carbonyl (C=O) groups excluding carboxylic acids is 2. The van der Waals surface area contributed by atoms with E-state index in [9.17, 15) is 9.59 Å². The van der Waals surface area contributed by atoms with Crippen molar-refractivity contribution < 1.29 is 14.3 Å². The highest BCUT2D eigenvalue weighted by molar-refractivity contribution is 7.21. The van der Waals surface area contributed by atoms with Gasteiger partial charge in [-0.2, -0.15) is 10.2 Å². The minimum absolute atomic E-state index is 0.0907. The van der Waals surface area contributed by atoms with Crippen molar-refractivity contribution in [2.75, 3.05) is 44.0 Å². The van der Waals surface area contributed by atoms with Crippen LogP contribution in [0.3, 0.4) is 0 Å². The van der Waals surface area contributed by atoms with Gasteiger partial charge in [0, 0.05) is 31.6 Å². The summed E-state index contributed by atoms with van der Waals surface area (Å²) in [5, 5.41) is 14.6. The van der Waals surface area contributed by atoms with Gasteiger partial charge in [-0.05, 0) is 31.9 Å². The van der Waals surface area contributed by atoms with Crippen molar-refractivity contribution in [2.45, 2.75) is 26.8 Å². The monoisotopic (exact) mass is 522 g/mol. The molecule has 5 rings (SSSR count). The lowest BCUT2D eigenvalue weighted by Crippen LogP contribution is -2.31. The largest absolute Gasteiger partial charge is 0.383 e. The van der Waals surface area contributed by atoms with Crippen LogP contribution >= 0.6 is 11.3 Å². The molecule has 5 heterocycles. The van der Waals surface area contributed by atoms with Crippen LogP contribution in [0.25, 0.3) is 15.3 Å². The van der Waals surface area contributed by atoms with E-state index in [1.807, 2.05) is 24.0 Å². The van der Waals surface area contributed by atoms with Crippen molar-refractivity contribution in [3.8, 4) is 10.4 Å². The van der Waals surface area contributed by atoms with Crippen LogP contribution in [0.5, 0.6) is 0 Å². The van der Waals surface area contributed by atoms with Crippen molar-refractivity contribution in [3.63, 3.8) is 0 Å². The maximum atomic E-state index is 13.2. The Labute approximate surface area is 218 Å². The number of hydrogen-bond donors (Lipinski definition) is 2. The Kier molecular flexibility index (Phi) is 7.31. The first kappa shape index (κ1) is 25.1. The van der Waals surface area contributed by atoms with Gasteiger partial charge >= 0.3 is 0 Å². The van der Waals surface area contributed by atoms with Crippen LogP contribution in [-0.2, 0) is 16.1 Å². The van der Waals surface area contributed by atoms with E-state index >= 15 is 0 Å². The number of nitrogens with one attached hydrogen (secondary N) is 2. The molecule has 37 heavy (non-hydrogen) atoms. The first-order chi connectivity index (χ1) is 17.9. The van der Waals surface area contributed by atoms with Crippen LogP contribution in [0.2, 0.25) is 0 Å². The fraction of sp³-hybridized carbons (Fsp3) is 0.400. The molecule has 1 fully saturated rings. The van der Waals surface area contributed by atoms with Gasteiger partial charge in [0.2, 0.25) is 5.91 Å². The predicted molar refractivity (Wildman–Crippen MR) is 142 cm³/mol. The molecule has 0 spiro atoms. The number of rotatable bonds is 9. The molecule has 1 aliphatic heterocycles. The van der Waals surface area contributed by atoms with Gasteiger partial charge in [0.05, 0.1) is 65.8 Å². The summed E-state index contributed by atoms with van der Waals surface area (Å²) in [5.41, 5.74) is 3.14. The van der Waals surface area contributed by atoms with Gasteiger partial charge in [0.15, 0.2) is 0 Å². The lowest BCUT2D eigenvalue weighted by molar-refractivity contribution is -0.117. The van der Waals surface area contributed by atoms with E-state index in [2.05, 4.69) is 37.6 Å². The molecule has 0 radical (unpaired) electrons. The zero-order valence-electron chi connectivity index (χ0n) is 21.1. The summed E-state index contributed by atoms with van der Waals surface area (Å²) in [4.78, 5) is 33.9. The molecule has 1 aliphatic rings. The number of thiazole rings is 1. The zero-order chi connectivity index (χ0) is 25.9. The van der Waals surface area contributed by atoms with E-state index in [4.69, 9.17) is 4.74 Å². The molecule has 1 atom stereocenters. The molecular weight excluding hydrogens is 492 g/mol. The van der Waals surface area contributed by atoms with Gasteiger partial charge < -0.3 is 15.4 Å². The Morgan fingerprint density at radius 3 is 2.84 bits per heavy atom. The molecule has 0 bridgehead atoms. The van der Waals surface area contributed by atoms with Crippen molar-refractivity contribution in [3.05, 3.63) is 48.3 Å². The van der Waals surface area contributed by atoms with E-state index < -0.39 is 0 Å². The van der Waals surface area contributed by atoms with Crippen LogP contribution in [0.15, 0.2) is 37.1 Å². The second-order valence-electron chi connectivity index (χ2n) is 9.38. The lowest BCUT2D eigenvalue weighted by atomic mass is 10.2. The summed E-state index contributed by atoms with van der Waals surface area (Å²) < 4.78 is 8.63. The normalized spacial score (nSPS) is 15.9. The number of methoxy groups -OCH3 is 1. The van der Waals surface area contributed by atoms with E-state index in [1.165, 1.54) is 11.3 Å². The first-order valence-corrected chi connectivity index (χ1v) is 13.0. The van der Waals surface area contributed by atoms with E-state index in [-0.39, 0.29) is 11.8 Å². The van der Waals surface area contributed by atoms with Crippen molar-refractivity contribution in [1.29, 1.82) is 0 Å². The molecule has 4 aromatic heterocycles. The second kappa shape index (κ2) is 10.8. The third-order valence-corrected chi connectivity index (χ3v) is 7.54. The van der Waals surface area contributed by atoms with Crippen LogP contribution in [-0.4, -0.2) is 74.4 Å². The summed E-state index contributed by atoms with van der Waals surface area (Å²) in [6, 6.07) is 1.74. The molecule has 0 aromatic carbocycles. The third-order valence-electron chi connectivity index (χ3n) is 6.38. The summed E-state index contributed by atoms with van der Waals surface area (Å²) >= 11 is 1.47. The number of amides is 2. The summed E-state index contributed by atoms with van der Waals surface area (Å²) in [5.74, 6) is 0.231. The average molecular weight is 523 g/mol. The van der Waals surface area contributed by atoms with Crippen molar-refractivity contribution in [2.24, 2.45) is 5.92 Å². The fourth-order valence-corrected chi connectivity index (χ4v) is 5.40. The Morgan fingerprint density at radius 2 is 2.05 bits per heavy atom. The molecule has 11 nitrogen and oxygen atoms in total. The van der Waals surface area contributed by atoms with Gasteiger partial charge in [-0.25, -0.2) is 4.52 Å². The topological polar surface area (TPSA) is 119 Å². The van der Waals surface area contributed by atoms with Crippen LogP contribution < -0.4 is 10.6 Å². The predicted octanol–water partition coefficient (Wildman–Crippen LogP) is 3.14. The number of hydrogen-bond acceptors (Lipinski definition) is 8. The SMILES string of the molecule is COCCn1cc(-c2cn3ncc(C(=O)Nc4cc(NC(=O)CN5CCC(C)C5)cnc4C)c3s2)cn1. The molecule has 1 unspecified atom stereocenters. The Balaban J connectivity index is 1.28. The van der Waals surface area contributed by atoms with Crippen LogP contribution in [0, 0.1) is 12.8 Å². The highest BCUT2D eigenvalue weighted by atomic mass is 32.1. The number of aryl methyl sites for hydroxylation is 1. The number of nitrogens with zero attached hydrogens (tertiary/aromatic N) is 6. The molecule has 2 amide bonds. The smallest absolute Gasteiger partial charge is 0.260 e. The van der Waals surface area contributed by atoms with Crippen molar-refractivity contribution in [1.82, 2.24) is 29.3 Å². The number of carbonyl (C=O) groups is 2. The minimum atomic E-state index is -0.293. The maximum absolute atomic E-state index is 13.2. The standard InChI is InChI=1S/C25H30N8O3S/c1-16-4-5-31(12-16)15-23(34)29-19-8-21(17(2)26-10-19)30-24(35)20-11-28-33-14-22(37-25(20)33)18-9-27-32(13-18)6-7-36-3/h8-11,13-14,16H,4-7,12,15H2,1-3H3,(H,29,34)(H,30,35). The number of likely N-dealkylation sites (tertiary alicyclic amines) is 1. The summed E-state index contributed by atoms with van der Waals surface area (Å²) in [7, 11) is 1.66. The van der Waals surface area contributed by atoms with Gasteiger partial charge in [0.1, 0.15) is 4.83 Å². The molecule has 0 aliphatic carbocycles. The molecule has 1 saturated heterocycles. The van der Waals surface area contributed by atoms with E-state index in [1.54, 1.807) is 36.3 Å². The maximum Gasteiger partial charge on any atom is 0.260 e. The van der Waals surface area contributed by atoms with Crippen LogP contribution in [0.1, 0.15) is 29.4 Å². The van der Waals surface area contributed by atoms with Crippen molar-refractivity contribution >= 4 is 39.4 Å². The molecule has 12 heteroatoms. The molecule has 2 N–H and O–H groups in total. The molecule has 4 aromatic rings. The number of anilines is 2. The summed E-state index contributed by atoms with van der Waals surface area (Å²) in [6.07, 6.45) is 9.90. The molecule has 194 valence electrons. The summed E-state index contributed by atoms with van der Waals surface area (Å²) in [6.45, 7) is 7.46. The third kappa shape index (κ3) is 5.71. The van der Waals surface area contributed by atoms with Gasteiger partial charge in [0.25, 0.3) is 5.91 Å². The number of pyridine rings is 1.